The fourth-order valence-corrected chi connectivity index (χ4v) is 5.74. The first-order chi connectivity index (χ1) is 16.8. The fourth-order valence-electron chi connectivity index (χ4n) is 4.95. The maximum absolute atomic E-state index is 6.16. The molecule has 1 unspecified atom stereocenters. The van der Waals surface area contributed by atoms with Crippen LogP contribution in [-0.2, 0) is 6.42 Å². The first kappa shape index (κ1) is 23.4. The molecule has 0 saturated heterocycles. The summed E-state index contributed by atoms with van der Waals surface area (Å²) in [6, 6.07) is 11.1. The minimum Gasteiger partial charge on any atom is -0.329 e. The molecule has 3 aromatic heterocycles. The van der Waals surface area contributed by atoms with E-state index in [4.69, 9.17) is 11.6 Å². The first-order valence-electron chi connectivity index (χ1n) is 12.2. The molecule has 2 atom stereocenters. The van der Waals surface area contributed by atoms with Crippen LogP contribution in [0.2, 0.25) is 5.28 Å². The number of hydrogen-bond donors (Lipinski definition) is 2. The van der Waals surface area contributed by atoms with Gasteiger partial charge in [0.2, 0.25) is 5.28 Å². The Labute approximate surface area is 209 Å². The van der Waals surface area contributed by atoms with Gasteiger partial charge in [0.1, 0.15) is 10.7 Å². The maximum Gasteiger partial charge on any atom is 0.224 e. The van der Waals surface area contributed by atoms with Crippen molar-refractivity contribution in [2.24, 2.45) is 5.92 Å². The van der Waals surface area contributed by atoms with Gasteiger partial charge in [0.05, 0.1) is 0 Å². The van der Waals surface area contributed by atoms with Crippen molar-refractivity contribution in [2.75, 3.05) is 26.2 Å². The number of fused-ring (bicyclic) bond motifs is 1. The van der Waals surface area contributed by atoms with E-state index < -0.39 is 0 Å². The van der Waals surface area contributed by atoms with E-state index in [1.165, 1.54) is 12.0 Å². The van der Waals surface area contributed by atoms with E-state index in [9.17, 15) is 0 Å². The zero-order chi connectivity index (χ0) is 23.2. The van der Waals surface area contributed by atoms with Crippen LogP contribution in [0.25, 0.3) is 21.6 Å². The predicted molar refractivity (Wildman–Crippen MR) is 141 cm³/mol. The van der Waals surface area contributed by atoms with Crippen molar-refractivity contribution < 1.29 is 0 Å². The molecule has 6 nitrogen and oxygen atoms in total. The summed E-state index contributed by atoms with van der Waals surface area (Å²) < 4.78 is 2.32. The molecule has 0 amide bonds. The predicted octanol–water partition coefficient (Wildman–Crippen LogP) is 5.36. The third-order valence-corrected chi connectivity index (χ3v) is 7.67. The van der Waals surface area contributed by atoms with Crippen LogP contribution < -0.4 is 10.6 Å². The van der Waals surface area contributed by atoms with E-state index in [0.29, 0.717) is 17.2 Å². The van der Waals surface area contributed by atoms with E-state index in [-0.39, 0.29) is 0 Å². The summed E-state index contributed by atoms with van der Waals surface area (Å²) in [7, 11) is 0. The van der Waals surface area contributed by atoms with Crippen molar-refractivity contribution in [3.8, 4) is 10.6 Å². The van der Waals surface area contributed by atoms with E-state index in [0.717, 1.165) is 73.5 Å². The highest BCUT2D eigenvalue weighted by molar-refractivity contribution is 7.13. The van der Waals surface area contributed by atoms with Crippen LogP contribution in [-0.4, -0.2) is 45.7 Å². The zero-order valence-electron chi connectivity index (χ0n) is 19.3. The average Bonchev–Trinajstić information content (AvgIpc) is 3.61. The van der Waals surface area contributed by atoms with Crippen LogP contribution in [0.5, 0.6) is 0 Å². The summed E-state index contributed by atoms with van der Waals surface area (Å²) in [4.78, 5) is 13.3. The van der Waals surface area contributed by atoms with Crippen molar-refractivity contribution >= 4 is 34.0 Å². The summed E-state index contributed by atoms with van der Waals surface area (Å²) in [5.74, 6) is 0.689. The molecule has 34 heavy (non-hydrogen) atoms. The Morgan fingerprint density at radius 2 is 1.94 bits per heavy atom. The van der Waals surface area contributed by atoms with Crippen molar-refractivity contribution in [2.45, 2.75) is 38.1 Å². The second-order valence-electron chi connectivity index (χ2n) is 9.04. The first-order valence-corrected chi connectivity index (χ1v) is 13.4. The molecular weight excluding hydrogens is 464 g/mol. The third-order valence-electron chi connectivity index (χ3n) is 6.69. The Morgan fingerprint density at radius 1 is 1.06 bits per heavy atom. The fraction of sp³-hybridized carbons (Fsp3) is 0.423. The minimum absolute atomic E-state index is 0.297. The Bertz CT molecular complexity index is 1180. The topological polar surface area (TPSA) is 67.7 Å². The largest absolute Gasteiger partial charge is 0.329 e. The average molecular weight is 495 g/mol. The van der Waals surface area contributed by atoms with Gasteiger partial charge in [-0.15, -0.1) is 11.3 Å². The van der Waals surface area contributed by atoms with E-state index >= 15 is 0 Å². The summed E-state index contributed by atoms with van der Waals surface area (Å²) in [5.41, 5.74) is 3.42. The standard InChI is InChI=1S/C26H31ClN6S/c27-26-31-17-22-23(25-30-13-14-34-25)18-33(24(22)32-26)21-8-7-20(15-21)16-29-11-4-10-28-12-9-19-5-2-1-3-6-19/h1-3,5-6,13-14,17-18,20-21,28-29H,4,7-12,15-16H2/t20?,21-/m0/s1. The molecule has 0 radical (unpaired) electrons. The number of aromatic nitrogens is 4. The number of rotatable bonds is 11. The number of benzene rings is 1. The van der Waals surface area contributed by atoms with Crippen molar-refractivity contribution in [3.63, 3.8) is 0 Å². The minimum atomic E-state index is 0.297. The number of nitrogens with one attached hydrogen (secondary N) is 2. The van der Waals surface area contributed by atoms with Gasteiger partial charge in [-0.05, 0) is 81.4 Å². The van der Waals surface area contributed by atoms with Gasteiger partial charge in [0, 0.05) is 41.0 Å². The number of nitrogens with zero attached hydrogens (tertiary/aromatic N) is 4. The third kappa shape index (κ3) is 5.66. The van der Waals surface area contributed by atoms with Crippen LogP contribution in [0, 0.1) is 5.92 Å². The van der Waals surface area contributed by atoms with Gasteiger partial charge in [-0.1, -0.05) is 30.3 Å². The van der Waals surface area contributed by atoms with Crippen molar-refractivity contribution in [1.82, 2.24) is 30.2 Å². The highest BCUT2D eigenvalue weighted by Gasteiger charge is 2.28. The summed E-state index contributed by atoms with van der Waals surface area (Å²) in [5, 5.41) is 11.6. The SMILES string of the molecule is Clc1ncc2c(-c3nccs3)cn([C@H]3CCC(CNCCCNCCc4ccccc4)C3)c2n1. The quantitative estimate of drug-likeness (QED) is 0.217. The molecule has 5 rings (SSSR count). The lowest BCUT2D eigenvalue weighted by Gasteiger charge is -2.15. The zero-order valence-corrected chi connectivity index (χ0v) is 20.9. The lowest BCUT2D eigenvalue weighted by Crippen LogP contribution is -2.26. The molecule has 2 N–H and O–H groups in total. The Kier molecular flexibility index (Phi) is 7.86. The van der Waals surface area contributed by atoms with Crippen LogP contribution in [0.15, 0.2) is 54.3 Å². The van der Waals surface area contributed by atoms with E-state index in [1.807, 2.05) is 17.8 Å². The second-order valence-corrected chi connectivity index (χ2v) is 10.3. The van der Waals surface area contributed by atoms with Crippen molar-refractivity contribution in [1.29, 1.82) is 0 Å². The van der Waals surface area contributed by atoms with E-state index in [2.05, 4.69) is 66.7 Å². The van der Waals surface area contributed by atoms with Gasteiger partial charge in [0.25, 0.3) is 0 Å². The van der Waals surface area contributed by atoms with Gasteiger partial charge < -0.3 is 15.2 Å². The second kappa shape index (κ2) is 11.4. The molecule has 3 heterocycles. The van der Waals surface area contributed by atoms with Crippen molar-refractivity contribution in [3.05, 3.63) is 65.1 Å². The Hall–Kier alpha value is -2.32. The number of thiazole rings is 1. The highest BCUT2D eigenvalue weighted by atomic mass is 35.5. The Balaban J connectivity index is 1.08. The lowest BCUT2D eigenvalue weighted by molar-refractivity contribution is 0.452. The van der Waals surface area contributed by atoms with Gasteiger partial charge in [-0.25, -0.2) is 9.97 Å². The number of halogens is 1. The maximum atomic E-state index is 6.16. The molecular formula is C26H31ClN6S. The molecule has 1 fully saturated rings. The summed E-state index contributed by atoms with van der Waals surface area (Å²) >= 11 is 7.80. The summed E-state index contributed by atoms with van der Waals surface area (Å²) in [6.45, 7) is 4.23. The van der Waals surface area contributed by atoms with Gasteiger partial charge in [-0.2, -0.15) is 4.98 Å². The molecule has 1 aromatic carbocycles. The summed E-state index contributed by atoms with van der Waals surface area (Å²) in [6.07, 6.45) is 11.7. The molecule has 8 heteroatoms. The van der Waals surface area contributed by atoms with Crippen LogP contribution in [0.1, 0.15) is 37.3 Å². The van der Waals surface area contributed by atoms with Crippen LogP contribution in [0.3, 0.4) is 0 Å². The monoisotopic (exact) mass is 494 g/mol. The van der Waals surface area contributed by atoms with Gasteiger partial charge in [-0.3, -0.25) is 0 Å². The van der Waals surface area contributed by atoms with Gasteiger partial charge >= 0.3 is 0 Å². The lowest BCUT2D eigenvalue weighted by atomic mass is 10.1. The van der Waals surface area contributed by atoms with E-state index in [1.54, 1.807) is 11.3 Å². The van der Waals surface area contributed by atoms with Crippen LogP contribution in [0.4, 0.5) is 0 Å². The molecule has 0 spiro atoms. The molecule has 4 aromatic rings. The molecule has 0 bridgehead atoms. The highest BCUT2D eigenvalue weighted by Crippen LogP contribution is 2.39. The van der Waals surface area contributed by atoms with Gasteiger partial charge in [0.15, 0.2) is 0 Å². The molecule has 178 valence electrons. The Morgan fingerprint density at radius 3 is 2.79 bits per heavy atom. The van der Waals surface area contributed by atoms with Crippen LogP contribution >= 0.6 is 22.9 Å². The smallest absolute Gasteiger partial charge is 0.224 e. The molecule has 0 aliphatic heterocycles. The molecule has 1 saturated carbocycles. The molecule has 1 aliphatic rings. The normalized spacial score (nSPS) is 18.1. The molecule has 1 aliphatic carbocycles. The number of hydrogen-bond acceptors (Lipinski definition) is 6.